The Bertz CT molecular complexity index is 473. The molecule has 18 heavy (non-hydrogen) atoms. The molecule has 0 aliphatic carbocycles. The minimum atomic E-state index is -0.836. The summed E-state index contributed by atoms with van der Waals surface area (Å²) in [5, 5.41) is 8.98. The van der Waals surface area contributed by atoms with E-state index in [1.807, 2.05) is 0 Å². The van der Waals surface area contributed by atoms with Crippen LogP contribution in [0.25, 0.3) is 0 Å². The van der Waals surface area contributed by atoms with E-state index >= 15 is 0 Å². The number of aliphatic hydroxyl groups excluding tert-OH is 1. The number of rotatable bonds is 1. The molecule has 1 aliphatic rings. The highest BCUT2D eigenvalue weighted by atomic mass is 35.5. The molecule has 1 fully saturated rings. The number of hydrogen-bond acceptors (Lipinski definition) is 2. The number of nitrogens with zero attached hydrogens (tertiary/aromatic N) is 1. The Morgan fingerprint density at radius 1 is 1.28 bits per heavy atom. The molecule has 0 saturated carbocycles. The third kappa shape index (κ3) is 2.62. The van der Waals surface area contributed by atoms with Gasteiger partial charge in [0.1, 0.15) is 11.6 Å². The summed E-state index contributed by atoms with van der Waals surface area (Å²) in [4.78, 5) is 13.4. The van der Waals surface area contributed by atoms with Crippen LogP contribution in [0.15, 0.2) is 12.1 Å². The first kappa shape index (κ1) is 13.2. The highest BCUT2D eigenvalue weighted by Gasteiger charge is 2.25. The number of amides is 1. The average Bonchev–Trinajstić information content (AvgIpc) is 2.34. The van der Waals surface area contributed by atoms with Crippen molar-refractivity contribution in [2.75, 3.05) is 13.1 Å². The quantitative estimate of drug-likeness (QED) is 0.799. The van der Waals surface area contributed by atoms with Crippen LogP contribution in [0.1, 0.15) is 23.2 Å². The van der Waals surface area contributed by atoms with Crippen LogP contribution in [-0.4, -0.2) is 35.1 Å². The number of benzene rings is 1. The minimum Gasteiger partial charge on any atom is -0.393 e. The van der Waals surface area contributed by atoms with Crippen molar-refractivity contribution >= 4 is 17.5 Å². The highest BCUT2D eigenvalue weighted by molar-refractivity contribution is 6.30. The molecule has 0 radical (unpaired) electrons. The zero-order valence-corrected chi connectivity index (χ0v) is 10.3. The number of carbonyl (C=O) groups is 1. The first-order chi connectivity index (χ1) is 8.49. The van der Waals surface area contributed by atoms with Crippen LogP contribution in [0.4, 0.5) is 8.78 Å². The number of carbonyl (C=O) groups excluding carboxylic acids is 1. The fourth-order valence-electron chi connectivity index (χ4n) is 1.93. The van der Waals surface area contributed by atoms with Crippen molar-refractivity contribution in [1.29, 1.82) is 0 Å². The summed E-state index contributed by atoms with van der Waals surface area (Å²) in [5.41, 5.74) is -0.326. The molecule has 1 amide bonds. The molecule has 0 spiro atoms. The van der Waals surface area contributed by atoms with Gasteiger partial charge in [-0.25, -0.2) is 8.78 Å². The van der Waals surface area contributed by atoms with Gasteiger partial charge in [-0.2, -0.15) is 0 Å². The molecule has 2 rings (SSSR count). The molecule has 1 heterocycles. The van der Waals surface area contributed by atoms with Gasteiger partial charge >= 0.3 is 0 Å². The Morgan fingerprint density at radius 3 is 2.50 bits per heavy atom. The molecule has 0 bridgehead atoms. The third-order valence-electron chi connectivity index (χ3n) is 2.99. The van der Waals surface area contributed by atoms with Crippen molar-refractivity contribution < 1.29 is 18.7 Å². The van der Waals surface area contributed by atoms with E-state index in [0.717, 1.165) is 12.1 Å². The van der Waals surface area contributed by atoms with Crippen molar-refractivity contribution in [3.05, 3.63) is 34.4 Å². The van der Waals surface area contributed by atoms with Gasteiger partial charge in [0.25, 0.3) is 5.91 Å². The van der Waals surface area contributed by atoms with Crippen molar-refractivity contribution in [3.63, 3.8) is 0 Å². The second-order valence-electron chi connectivity index (χ2n) is 4.27. The molecule has 6 heteroatoms. The SMILES string of the molecule is O=C(c1cc(F)c(Cl)cc1F)N1CCC(O)CC1. The summed E-state index contributed by atoms with van der Waals surface area (Å²) in [5.74, 6) is -2.23. The van der Waals surface area contributed by atoms with E-state index in [1.165, 1.54) is 4.90 Å². The summed E-state index contributed by atoms with van der Waals surface area (Å²) in [6.45, 7) is 0.674. The lowest BCUT2D eigenvalue weighted by Gasteiger charge is -2.29. The molecule has 1 aromatic carbocycles. The van der Waals surface area contributed by atoms with Gasteiger partial charge in [-0.05, 0) is 25.0 Å². The summed E-state index contributed by atoms with van der Waals surface area (Å²) in [6, 6.07) is 1.61. The molecule has 98 valence electrons. The maximum atomic E-state index is 13.6. The lowest BCUT2D eigenvalue weighted by Crippen LogP contribution is -2.40. The lowest BCUT2D eigenvalue weighted by atomic mass is 10.1. The molecule has 0 unspecified atom stereocenters. The van der Waals surface area contributed by atoms with Crippen molar-refractivity contribution in [2.45, 2.75) is 18.9 Å². The number of halogens is 3. The third-order valence-corrected chi connectivity index (χ3v) is 3.28. The van der Waals surface area contributed by atoms with Gasteiger partial charge in [0.05, 0.1) is 16.7 Å². The van der Waals surface area contributed by atoms with Crippen LogP contribution >= 0.6 is 11.6 Å². The Kier molecular flexibility index (Phi) is 3.82. The molecular weight excluding hydrogens is 264 g/mol. The van der Waals surface area contributed by atoms with Gasteiger partial charge in [-0.15, -0.1) is 0 Å². The lowest BCUT2D eigenvalue weighted by molar-refractivity contribution is 0.0542. The summed E-state index contributed by atoms with van der Waals surface area (Å²) >= 11 is 5.42. The smallest absolute Gasteiger partial charge is 0.256 e. The Hall–Kier alpha value is -1.20. The Morgan fingerprint density at radius 2 is 1.89 bits per heavy atom. The maximum Gasteiger partial charge on any atom is 0.256 e. The predicted molar refractivity (Wildman–Crippen MR) is 62.5 cm³/mol. The fourth-order valence-corrected chi connectivity index (χ4v) is 2.08. The minimum absolute atomic E-state index is 0.326. The van der Waals surface area contributed by atoms with Crippen LogP contribution in [0, 0.1) is 11.6 Å². The van der Waals surface area contributed by atoms with E-state index in [9.17, 15) is 18.7 Å². The van der Waals surface area contributed by atoms with Gasteiger partial charge in [-0.3, -0.25) is 4.79 Å². The van der Waals surface area contributed by atoms with Gasteiger partial charge in [-0.1, -0.05) is 11.6 Å². The van der Waals surface area contributed by atoms with Crippen molar-refractivity contribution in [3.8, 4) is 0 Å². The summed E-state index contributed by atoms with van der Waals surface area (Å²) in [7, 11) is 0. The summed E-state index contributed by atoms with van der Waals surface area (Å²) in [6.07, 6.45) is 0.466. The zero-order valence-electron chi connectivity index (χ0n) is 9.50. The number of likely N-dealkylation sites (tertiary alicyclic amines) is 1. The van der Waals surface area contributed by atoms with Crippen LogP contribution in [0.5, 0.6) is 0 Å². The van der Waals surface area contributed by atoms with Crippen LogP contribution in [0.2, 0.25) is 5.02 Å². The van der Waals surface area contributed by atoms with Crippen LogP contribution in [0.3, 0.4) is 0 Å². The number of hydrogen-bond donors (Lipinski definition) is 1. The molecular formula is C12H12ClF2NO2. The van der Waals surface area contributed by atoms with E-state index in [1.54, 1.807) is 0 Å². The molecule has 1 aromatic rings. The van der Waals surface area contributed by atoms with Crippen LogP contribution < -0.4 is 0 Å². The normalized spacial score (nSPS) is 17.0. The van der Waals surface area contributed by atoms with E-state index in [-0.39, 0.29) is 10.6 Å². The van der Waals surface area contributed by atoms with E-state index in [4.69, 9.17) is 11.6 Å². The van der Waals surface area contributed by atoms with Crippen molar-refractivity contribution in [2.24, 2.45) is 0 Å². The standard InChI is InChI=1S/C12H12ClF2NO2/c13-9-6-10(14)8(5-11(9)15)12(18)16-3-1-7(17)2-4-16/h5-7,17H,1-4H2. The molecule has 0 aromatic heterocycles. The zero-order chi connectivity index (χ0) is 13.3. The fraction of sp³-hybridized carbons (Fsp3) is 0.417. The average molecular weight is 276 g/mol. The van der Waals surface area contributed by atoms with Crippen LogP contribution in [-0.2, 0) is 0 Å². The van der Waals surface area contributed by atoms with Crippen molar-refractivity contribution in [1.82, 2.24) is 4.90 Å². The largest absolute Gasteiger partial charge is 0.393 e. The van der Waals surface area contributed by atoms with E-state index in [2.05, 4.69) is 0 Å². The molecule has 0 atom stereocenters. The monoisotopic (exact) mass is 275 g/mol. The summed E-state index contributed by atoms with van der Waals surface area (Å²) < 4.78 is 26.8. The second-order valence-corrected chi connectivity index (χ2v) is 4.68. The van der Waals surface area contributed by atoms with E-state index < -0.39 is 23.6 Å². The first-order valence-corrected chi connectivity index (χ1v) is 5.98. The first-order valence-electron chi connectivity index (χ1n) is 5.61. The molecule has 3 nitrogen and oxygen atoms in total. The molecule has 1 saturated heterocycles. The van der Waals surface area contributed by atoms with Gasteiger partial charge in [0, 0.05) is 13.1 Å². The second kappa shape index (κ2) is 5.20. The van der Waals surface area contributed by atoms with Gasteiger partial charge in [0.15, 0.2) is 0 Å². The number of piperidine rings is 1. The van der Waals surface area contributed by atoms with Gasteiger partial charge in [0.2, 0.25) is 0 Å². The number of aliphatic hydroxyl groups is 1. The Balaban J connectivity index is 2.21. The van der Waals surface area contributed by atoms with Gasteiger partial charge < -0.3 is 10.0 Å². The highest BCUT2D eigenvalue weighted by Crippen LogP contribution is 2.21. The maximum absolute atomic E-state index is 13.6. The predicted octanol–water partition coefficient (Wildman–Crippen LogP) is 2.22. The molecule has 1 aliphatic heterocycles. The van der Waals surface area contributed by atoms with E-state index in [0.29, 0.717) is 25.9 Å². The Labute approximate surface area is 108 Å². The topological polar surface area (TPSA) is 40.5 Å². The molecule has 1 N–H and O–H groups in total.